The molecule has 0 bridgehead atoms. The van der Waals surface area contributed by atoms with E-state index in [2.05, 4.69) is 52.5 Å². The van der Waals surface area contributed by atoms with Gasteiger partial charge in [0.2, 0.25) is 0 Å². The first-order chi connectivity index (χ1) is 20.5. The largest absolute Gasteiger partial charge is 0.493 e. The first kappa shape index (κ1) is 31.9. The number of benzene rings is 1. The normalized spacial score (nSPS) is 21.8. The van der Waals surface area contributed by atoms with Crippen molar-refractivity contribution in [3.63, 3.8) is 0 Å². The van der Waals surface area contributed by atoms with Crippen molar-refractivity contribution in [2.75, 3.05) is 6.61 Å². The first-order valence-electron chi connectivity index (χ1n) is 15.2. The van der Waals surface area contributed by atoms with Crippen LogP contribution in [0, 0.1) is 12.8 Å². The van der Waals surface area contributed by atoms with Gasteiger partial charge in [0.05, 0.1) is 11.3 Å². The van der Waals surface area contributed by atoms with Gasteiger partial charge in [0.15, 0.2) is 0 Å². The number of halogens is 1. The van der Waals surface area contributed by atoms with Crippen LogP contribution >= 0.6 is 0 Å². The summed E-state index contributed by atoms with van der Waals surface area (Å²) < 4.78 is 20.6. The highest BCUT2D eigenvalue weighted by Crippen LogP contribution is 2.38. The summed E-state index contributed by atoms with van der Waals surface area (Å²) in [6.07, 6.45) is 15.1. The van der Waals surface area contributed by atoms with Crippen LogP contribution in [0.15, 0.2) is 83.8 Å². The number of carbonyl (C=O) groups is 1. The lowest BCUT2D eigenvalue weighted by Gasteiger charge is -2.31. The molecule has 43 heavy (non-hydrogen) atoms. The Balaban J connectivity index is 1.76. The molecule has 0 atom stereocenters. The van der Waals surface area contributed by atoms with Crippen molar-refractivity contribution in [2.24, 2.45) is 5.92 Å². The molecule has 0 amide bonds. The zero-order valence-corrected chi connectivity index (χ0v) is 26.4. The topological polar surface area (TPSA) is 59.4 Å². The van der Waals surface area contributed by atoms with Crippen LogP contribution < -0.4 is 0 Å². The average molecular weight is 582 g/mol. The second-order valence-electron chi connectivity index (χ2n) is 12.0. The Bertz CT molecular complexity index is 1560. The molecule has 226 valence electrons. The fourth-order valence-electron chi connectivity index (χ4n) is 6.05. The van der Waals surface area contributed by atoms with E-state index in [1.54, 1.807) is 6.07 Å². The molecule has 2 aliphatic rings. The molecule has 4 nitrogen and oxygen atoms in total. The first-order valence-corrected chi connectivity index (χ1v) is 15.2. The van der Waals surface area contributed by atoms with Crippen LogP contribution in [0.5, 0.6) is 0 Å². The number of pyridine rings is 1. The highest BCUT2D eigenvalue weighted by atomic mass is 19.1. The number of alkyl halides is 1. The molecule has 0 saturated heterocycles. The number of hydrogen-bond donors (Lipinski definition) is 1. The minimum atomic E-state index is -1.23. The number of ether oxygens (including phenoxy) is 1. The molecule has 5 heteroatoms. The predicted molar refractivity (Wildman–Crippen MR) is 175 cm³/mol. The Hall–Kier alpha value is -3.99. The molecule has 1 saturated carbocycles. The third-order valence-electron chi connectivity index (χ3n) is 8.88. The number of carboxylic acids is 1. The third kappa shape index (κ3) is 7.33. The maximum Gasteiger partial charge on any atom is 0.336 e. The van der Waals surface area contributed by atoms with Crippen LogP contribution in [0.25, 0.3) is 17.2 Å². The summed E-state index contributed by atoms with van der Waals surface area (Å²) in [6.45, 7) is 16.5. The van der Waals surface area contributed by atoms with Crippen LogP contribution in [-0.2, 0) is 4.74 Å². The number of allylic oxidation sites excluding steroid dienone is 8. The van der Waals surface area contributed by atoms with Crippen molar-refractivity contribution in [1.29, 1.82) is 0 Å². The Morgan fingerprint density at radius 3 is 2.53 bits per heavy atom. The highest BCUT2D eigenvalue weighted by Gasteiger charge is 2.31. The van der Waals surface area contributed by atoms with Gasteiger partial charge in [-0.05, 0) is 132 Å². The number of hydrogen-bond acceptors (Lipinski definition) is 3. The van der Waals surface area contributed by atoms with Gasteiger partial charge < -0.3 is 9.84 Å². The molecule has 0 spiro atoms. The maximum atomic E-state index is 14.6. The van der Waals surface area contributed by atoms with Crippen LogP contribution in [0.4, 0.5) is 4.39 Å². The van der Waals surface area contributed by atoms with Gasteiger partial charge in [0.25, 0.3) is 0 Å². The standard InChI is InChI=1S/C38H44FNO3/c1-8-10-30-21-31(13-14-33(30)37(41)42)34(19-24(3)11-12-29-15-17-38(39,9-2)18-16-29)36-25(4)20-32(22-40-36)35-27(6)26(5)23-43-28(35)7/h8-11,13-14,19-22,29H,2,12,15-18,23H2,1,3-7H3,(H,41,42). The van der Waals surface area contributed by atoms with Crippen molar-refractivity contribution in [1.82, 2.24) is 4.98 Å². The lowest BCUT2D eigenvalue weighted by Crippen LogP contribution is -2.26. The third-order valence-corrected chi connectivity index (χ3v) is 8.88. The lowest BCUT2D eigenvalue weighted by molar-refractivity contribution is 0.0696. The fourth-order valence-corrected chi connectivity index (χ4v) is 6.05. The van der Waals surface area contributed by atoms with Gasteiger partial charge in [-0.1, -0.05) is 42.5 Å². The number of nitrogens with zero attached hydrogens (tertiary/aromatic N) is 1. The maximum absolute atomic E-state index is 14.6. The average Bonchev–Trinajstić information content (AvgIpc) is 2.98. The Morgan fingerprint density at radius 2 is 1.91 bits per heavy atom. The molecule has 0 radical (unpaired) electrons. The van der Waals surface area contributed by atoms with Gasteiger partial charge in [0, 0.05) is 22.9 Å². The zero-order chi connectivity index (χ0) is 31.3. The number of aromatic nitrogens is 1. The minimum absolute atomic E-state index is 0.256. The molecule has 1 aromatic heterocycles. The van der Waals surface area contributed by atoms with Crippen LogP contribution in [0.2, 0.25) is 0 Å². The number of aryl methyl sites for hydroxylation is 1. The molecular formula is C38H44FNO3. The van der Waals surface area contributed by atoms with Gasteiger partial charge in [-0.2, -0.15) is 0 Å². The Morgan fingerprint density at radius 1 is 1.19 bits per heavy atom. The van der Waals surface area contributed by atoms with Crippen molar-refractivity contribution in [3.8, 4) is 0 Å². The SMILES string of the molecule is C=CC1(F)CCC(CC=C(C)C=C(c2ccc(C(=O)O)c(C=CC)c2)c2ncc(C3=C(C)OCC(C)=C3C)cc2C)CC1. The summed E-state index contributed by atoms with van der Waals surface area (Å²) in [5.74, 6) is 0.380. The van der Waals surface area contributed by atoms with E-state index in [1.165, 1.54) is 17.2 Å². The quantitative estimate of drug-likeness (QED) is 0.236. The predicted octanol–water partition coefficient (Wildman–Crippen LogP) is 10.1. The van der Waals surface area contributed by atoms with Gasteiger partial charge >= 0.3 is 5.97 Å². The van der Waals surface area contributed by atoms with E-state index in [0.717, 1.165) is 64.1 Å². The van der Waals surface area contributed by atoms with E-state index in [0.29, 0.717) is 30.9 Å². The molecular weight excluding hydrogens is 537 g/mol. The monoisotopic (exact) mass is 581 g/mol. The second-order valence-corrected chi connectivity index (χ2v) is 12.0. The van der Waals surface area contributed by atoms with Crippen molar-refractivity contribution >= 4 is 23.2 Å². The summed E-state index contributed by atoms with van der Waals surface area (Å²) in [5.41, 5.74) is 8.94. The van der Waals surface area contributed by atoms with Crippen LogP contribution in [0.1, 0.15) is 105 Å². The molecule has 2 heterocycles. The van der Waals surface area contributed by atoms with E-state index < -0.39 is 11.6 Å². The molecule has 1 aliphatic carbocycles. The molecule has 1 fully saturated rings. The molecule has 1 aromatic carbocycles. The van der Waals surface area contributed by atoms with Gasteiger partial charge in [0.1, 0.15) is 18.0 Å². The summed E-state index contributed by atoms with van der Waals surface area (Å²) >= 11 is 0. The van der Waals surface area contributed by atoms with Crippen molar-refractivity contribution in [2.45, 2.75) is 79.3 Å². The summed E-state index contributed by atoms with van der Waals surface area (Å²) in [4.78, 5) is 16.9. The molecule has 1 aliphatic heterocycles. The van der Waals surface area contributed by atoms with Crippen LogP contribution in [-0.4, -0.2) is 28.3 Å². The second kappa shape index (κ2) is 13.5. The molecule has 2 aromatic rings. The van der Waals surface area contributed by atoms with E-state index in [4.69, 9.17) is 9.72 Å². The van der Waals surface area contributed by atoms with Gasteiger partial charge in [-0.15, -0.1) is 0 Å². The number of rotatable bonds is 9. The van der Waals surface area contributed by atoms with E-state index >= 15 is 0 Å². The van der Waals surface area contributed by atoms with Crippen molar-refractivity contribution in [3.05, 3.63) is 117 Å². The summed E-state index contributed by atoms with van der Waals surface area (Å²) in [6, 6.07) is 7.61. The number of carboxylic acid groups (broad SMARTS) is 1. The highest BCUT2D eigenvalue weighted by molar-refractivity contribution is 5.94. The minimum Gasteiger partial charge on any atom is -0.493 e. The smallest absolute Gasteiger partial charge is 0.336 e. The zero-order valence-electron chi connectivity index (χ0n) is 26.4. The van der Waals surface area contributed by atoms with Gasteiger partial charge in [-0.3, -0.25) is 4.98 Å². The van der Waals surface area contributed by atoms with Crippen LogP contribution in [0.3, 0.4) is 0 Å². The fraction of sp³-hybridized carbons (Fsp3) is 0.368. The van der Waals surface area contributed by atoms with E-state index in [1.807, 2.05) is 44.3 Å². The summed E-state index contributed by atoms with van der Waals surface area (Å²) in [7, 11) is 0. The van der Waals surface area contributed by atoms with E-state index in [9.17, 15) is 14.3 Å². The number of aromatic carboxylic acids is 1. The van der Waals surface area contributed by atoms with Gasteiger partial charge in [-0.25, -0.2) is 9.18 Å². The molecule has 0 unspecified atom stereocenters. The Labute approximate surface area is 256 Å². The lowest BCUT2D eigenvalue weighted by atomic mass is 9.78. The Kier molecular flexibility index (Phi) is 10.1. The molecule has 4 rings (SSSR count). The van der Waals surface area contributed by atoms with Crippen molar-refractivity contribution < 1.29 is 19.0 Å². The molecule has 1 N–H and O–H groups in total. The van der Waals surface area contributed by atoms with E-state index in [-0.39, 0.29) is 5.56 Å². The summed E-state index contributed by atoms with van der Waals surface area (Å²) in [5, 5.41) is 9.77.